The number of amides is 1. The van der Waals surface area contributed by atoms with Crippen LogP contribution in [0.1, 0.15) is 23.8 Å². The van der Waals surface area contributed by atoms with Gasteiger partial charge in [0.05, 0.1) is 12.7 Å². The number of nitrogens with one attached hydrogen (secondary N) is 2. The van der Waals surface area contributed by atoms with E-state index >= 15 is 0 Å². The summed E-state index contributed by atoms with van der Waals surface area (Å²) in [6, 6.07) is 9.77. The van der Waals surface area contributed by atoms with Crippen LogP contribution in [0.2, 0.25) is 0 Å². The number of allylic oxidation sites excluding steroid dienone is 3. The van der Waals surface area contributed by atoms with E-state index in [1.807, 2.05) is 35.0 Å². The number of carbonyl (C=O) groups excluding carboxylic acids is 1. The standard InChI is InChI=1S/C23H23N5O2/c1-14-7-9-15(10-8-14)30-22-6-4-3-5-16(22)18-12-19(27-26-18)23(29)25-20-13-28(24-2)21-11-17(20)21/h3-7,9-12,14,20-21H,8,13H2,1-2H3,(H-,25,26,27,29)/p+1/b28-24+/t14?,20-,21-/m1/s1. The monoisotopic (exact) mass is 402 g/mol. The van der Waals surface area contributed by atoms with E-state index in [1.165, 1.54) is 5.57 Å². The maximum atomic E-state index is 12.7. The van der Waals surface area contributed by atoms with Crippen molar-refractivity contribution in [3.63, 3.8) is 0 Å². The van der Waals surface area contributed by atoms with Crippen molar-refractivity contribution in [3.05, 3.63) is 71.7 Å². The number of rotatable bonds is 5. The summed E-state index contributed by atoms with van der Waals surface area (Å²) < 4.78 is 8.09. The molecule has 30 heavy (non-hydrogen) atoms. The van der Waals surface area contributed by atoms with Crippen LogP contribution in [0.5, 0.6) is 5.75 Å². The highest BCUT2D eigenvalue weighted by atomic mass is 16.5. The van der Waals surface area contributed by atoms with Gasteiger partial charge in [-0.05, 0) is 53.9 Å². The van der Waals surface area contributed by atoms with E-state index in [4.69, 9.17) is 4.74 Å². The molecule has 1 aromatic heterocycles. The zero-order valence-electron chi connectivity index (χ0n) is 17.0. The second kappa shape index (κ2) is 7.40. The molecule has 0 saturated carbocycles. The van der Waals surface area contributed by atoms with Crippen molar-refractivity contribution in [2.24, 2.45) is 11.0 Å². The van der Waals surface area contributed by atoms with Crippen LogP contribution in [-0.2, 0) is 0 Å². The third-order valence-corrected chi connectivity index (χ3v) is 5.73. The number of aromatic amines is 1. The Labute approximate surface area is 174 Å². The van der Waals surface area contributed by atoms with Crippen LogP contribution in [0.3, 0.4) is 0 Å². The minimum atomic E-state index is -0.173. The summed E-state index contributed by atoms with van der Waals surface area (Å²) >= 11 is 0. The zero-order chi connectivity index (χ0) is 20.7. The van der Waals surface area contributed by atoms with E-state index in [0.29, 0.717) is 29.6 Å². The molecule has 2 N–H and O–H groups in total. The van der Waals surface area contributed by atoms with Crippen molar-refractivity contribution < 1.29 is 14.2 Å². The average Bonchev–Trinajstić information content (AvgIpc) is 3.26. The lowest BCUT2D eigenvalue weighted by Crippen LogP contribution is -2.36. The van der Waals surface area contributed by atoms with Gasteiger partial charge in [0.2, 0.25) is 6.04 Å². The van der Waals surface area contributed by atoms with Gasteiger partial charge in [0, 0.05) is 11.1 Å². The summed E-state index contributed by atoms with van der Waals surface area (Å²) in [5, 5.41) is 14.5. The van der Waals surface area contributed by atoms with Crippen molar-refractivity contribution in [1.29, 1.82) is 0 Å². The second-order valence-corrected chi connectivity index (χ2v) is 7.90. The molecule has 1 saturated heterocycles. The van der Waals surface area contributed by atoms with Gasteiger partial charge in [-0.15, -0.1) is 4.70 Å². The fraction of sp³-hybridized carbons (Fsp3) is 0.304. The summed E-state index contributed by atoms with van der Waals surface area (Å²) in [6.45, 7) is 2.88. The third kappa shape index (κ3) is 3.47. The van der Waals surface area contributed by atoms with E-state index in [0.717, 1.165) is 17.7 Å². The second-order valence-electron chi connectivity index (χ2n) is 7.90. The van der Waals surface area contributed by atoms with Crippen molar-refractivity contribution in [2.45, 2.75) is 25.4 Å². The van der Waals surface area contributed by atoms with Crippen LogP contribution >= 0.6 is 0 Å². The molecule has 1 unspecified atom stereocenters. The number of para-hydroxylation sites is 1. The Kier molecular flexibility index (Phi) is 4.58. The zero-order valence-corrected chi connectivity index (χ0v) is 17.0. The van der Waals surface area contributed by atoms with Gasteiger partial charge >= 0.3 is 0 Å². The first-order chi connectivity index (χ1) is 14.6. The number of benzene rings is 1. The van der Waals surface area contributed by atoms with Crippen LogP contribution in [0.25, 0.3) is 11.3 Å². The molecule has 0 spiro atoms. The van der Waals surface area contributed by atoms with Crippen LogP contribution in [0, 0.1) is 5.92 Å². The molecule has 0 radical (unpaired) electrons. The van der Waals surface area contributed by atoms with Crippen LogP contribution in [-0.4, -0.2) is 46.5 Å². The first-order valence-electron chi connectivity index (χ1n) is 10.2. The summed E-state index contributed by atoms with van der Waals surface area (Å²) in [7, 11) is 1.77. The normalized spacial score (nSPS) is 25.5. The summed E-state index contributed by atoms with van der Waals surface area (Å²) in [5.41, 5.74) is 3.16. The van der Waals surface area contributed by atoms with E-state index in [9.17, 15) is 4.79 Å². The Morgan fingerprint density at radius 3 is 3.00 bits per heavy atom. The number of azo groups is 2. The van der Waals surface area contributed by atoms with Gasteiger partial charge in [0.1, 0.15) is 23.2 Å². The first kappa shape index (κ1) is 18.5. The number of hydrogen-bond acceptors (Lipinski definition) is 4. The number of hydrogen-bond donors (Lipinski definition) is 2. The van der Waals surface area contributed by atoms with E-state index < -0.39 is 0 Å². The highest BCUT2D eigenvalue weighted by Gasteiger charge is 2.51. The SMILES string of the molecule is C/N=[N+]1\C[C@@H](NC(=O)c2cc(-c3ccccc3OC3=CCC(C)C=C3)n[nH]2)C2=C[C@H]21. The van der Waals surface area contributed by atoms with Gasteiger partial charge in [-0.3, -0.25) is 9.89 Å². The van der Waals surface area contributed by atoms with E-state index in [-0.39, 0.29) is 18.0 Å². The van der Waals surface area contributed by atoms with Crippen LogP contribution < -0.4 is 10.1 Å². The van der Waals surface area contributed by atoms with Crippen molar-refractivity contribution in [3.8, 4) is 17.0 Å². The summed E-state index contributed by atoms with van der Waals surface area (Å²) in [5.74, 6) is 1.89. The number of H-pyrrole nitrogens is 1. The molecular weight excluding hydrogens is 378 g/mol. The highest BCUT2D eigenvalue weighted by molar-refractivity contribution is 5.94. The molecule has 152 valence electrons. The lowest BCUT2D eigenvalue weighted by Gasteiger charge is -2.14. The van der Waals surface area contributed by atoms with Gasteiger partial charge in [0.15, 0.2) is 6.54 Å². The van der Waals surface area contributed by atoms with E-state index in [2.05, 4.69) is 45.8 Å². The van der Waals surface area contributed by atoms with Crippen LogP contribution in [0.4, 0.5) is 0 Å². The molecule has 1 aromatic carbocycles. The van der Waals surface area contributed by atoms with Gasteiger partial charge in [0.25, 0.3) is 5.91 Å². The smallest absolute Gasteiger partial charge is 0.270 e. The van der Waals surface area contributed by atoms with Gasteiger partial charge in [-0.1, -0.05) is 25.1 Å². The molecule has 2 aromatic rings. The third-order valence-electron chi connectivity index (χ3n) is 5.73. The minimum absolute atomic E-state index is 0.000914. The lowest BCUT2D eigenvalue weighted by atomic mass is 10.0. The Bertz CT molecular complexity index is 1120. The number of ether oxygens (including phenoxy) is 1. The molecule has 7 nitrogen and oxygen atoms in total. The summed E-state index contributed by atoms with van der Waals surface area (Å²) in [6.07, 6.45) is 9.33. The van der Waals surface area contributed by atoms with Gasteiger partial charge in [-0.25, -0.2) is 0 Å². The maximum Gasteiger partial charge on any atom is 0.270 e. The molecule has 2 heterocycles. The molecule has 0 bridgehead atoms. The van der Waals surface area contributed by atoms with Crippen molar-refractivity contribution >= 4 is 5.91 Å². The molecule has 1 amide bonds. The number of carbonyl (C=O) groups is 1. The molecule has 7 heteroatoms. The Hall–Kier alpha value is -3.48. The summed E-state index contributed by atoms with van der Waals surface area (Å²) in [4.78, 5) is 12.7. The first-order valence-corrected chi connectivity index (χ1v) is 10.2. The fourth-order valence-electron chi connectivity index (χ4n) is 3.95. The minimum Gasteiger partial charge on any atom is -0.457 e. The topological polar surface area (TPSA) is 82.4 Å². The average molecular weight is 402 g/mol. The molecule has 1 aliphatic heterocycles. The molecule has 1 fully saturated rings. The predicted octanol–water partition coefficient (Wildman–Crippen LogP) is 3.45. The Morgan fingerprint density at radius 2 is 2.23 bits per heavy atom. The molecule has 3 aliphatic rings. The maximum absolute atomic E-state index is 12.7. The molecule has 5 rings (SSSR count). The molecule has 2 aliphatic carbocycles. The Balaban J connectivity index is 1.32. The van der Waals surface area contributed by atoms with Crippen LogP contribution in [0.15, 0.2) is 71.1 Å². The quantitative estimate of drug-likeness (QED) is 0.594. The lowest BCUT2D eigenvalue weighted by molar-refractivity contribution is -0.588. The largest absolute Gasteiger partial charge is 0.457 e. The number of fused-ring (bicyclic) bond motifs is 1. The van der Waals surface area contributed by atoms with Gasteiger partial charge < -0.3 is 10.1 Å². The van der Waals surface area contributed by atoms with Crippen molar-refractivity contribution in [2.75, 3.05) is 13.6 Å². The van der Waals surface area contributed by atoms with Gasteiger partial charge in [-0.2, -0.15) is 5.10 Å². The van der Waals surface area contributed by atoms with Crippen molar-refractivity contribution in [1.82, 2.24) is 15.5 Å². The number of aromatic nitrogens is 2. The Morgan fingerprint density at radius 1 is 1.37 bits per heavy atom. The molecule has 3 atom stereocenters. The molecular formula is C23H24N5O2+. The number of nitrogens with zero attached hydrogens (tertiary/aromatic N) is 3. The fourth-order valence-corrected chi connectivity index (χ4v) is 3.95. The highest BCUT2D eigenvalue weighted by Crippen LogP contribution is 2.35. The predicted molar refractivity (Wildman–Crippen MR) is 112 cm³/mol. The van der Waals surface area contributed by atoms with E-state index in [1.54, 1.807) is 13.1 Å².